The Balaban J connectivity index is 1.64. The zero-order valence-corrected chi connectivity index (χ0v) is 14.3. The van der Waals surface area contributed by atoms with Gasteiger partial charge in [-0.3, -0.25) is 14.9 Å². The fourth-order valence-electron chi connectivity index (χ4n) is 2.80. The molecule has 0 saturated carbocycles. The summed E-state index contributed by atoms with van der Waals surface area (Å²) in [7, 11) is 0. The first-order chi connectivity index (χ1) is 12.6. The Morgan fingerprint density at radius 1 is 0.923 bits per heavy atom. The molecule has 1 atom stereocenters. The molecule has 1 amide bonds. The molecule has 0 fully saturated rings. The molecule has 3 aromatic rings. The molecular weight excluding hydrogens is 326 g/mol. The van der Waals surface area contributed by atoms with Gasteiger partial charge in [-0.25, -0.2) is 0 Å². The van der Waals surface area contributed by atoms with E-state index in [1.54, 1.807) is 22.9 Å². The molecule has 0 spiro atoms. The van der Waals surface area contributed by atoms with Crippen LogP contribution in [0.4, 0.5) is 0 Å². The molecule has 3 N–H and O–H groups in total. The van der Waals surface area contributed by atoms with Crippen molar-refractivity contribution in [2.45, 2.75) is 19.1 Å². The van der Waals surface area contributed by atoms with Gasteiger partial charge in [0.15, 0.2) is 0 Å². The Morgan fingerprint density at radius 3 is 2.23 bits per heavy atom. The van der Waals surface area contributed by atoms with Crippen molar-refractivity contribution in [1.29, 1.82) is 0 Å². The fourth-order valence-corrected chi connectivity index (χ4v) is 2.80. The lowest BCUT2D eigenvalue weighted by Gasteiger charge is -2.16. The summed E-state index contributed by atoms with van der Waals surface area (Å²) in [6, 6.07) is 22.0. The van der Waals surface area contributed by atoms with Gasteiger partial charge in [0.25, 0.3) is 5.56 Å². The number of nitrogens with one attached hydrogen (secondary N) is 1. The zero-order valence-electron chi connectivity index (χ0n) is 14.3. The number of pyridine rings is 1. The number of rotatable bonds is 7. The maximum Gasteiger partial charge on any atom is 0.250 e. The van der Waals surface area contributed by atoms with E-state index in [4.69, 9.17) is 5.73 Å². The summed E-state index contributed by atoms with van der Waals surface area (Å²) in [4.78, 5) is 23.5. The summed E-state index contributed by atoms with van der Waals surface area (Å²) in [5, 5.41) is 3.20. The molecule has 2 aromatic carbocycles. The summed E-state index contributed by atoms with van der Waals surface area (Å²) in [6.45, 7) is 1.05. The number of nitrogens with zero attached hydrogens (tertiary/aromatic N) is 1. The highest BCUT2D eigenvalue weighted by molar-refractivity contribution is 5.81. The minimum absolute atomic E-state index is 0.0228. The van der Waals surface area contributed by atoms with Crippen LogP contribution in [-0.4, -0.2) is 10.5 Å². The average Bonchev–Trinajstić information content (AvgIpc) is 2.66. The molecule has 1 heterocycles. The van der Waals surface area contributed by atoms with Gasteiger partial charge in [0.2, 0.25) is 5.91 Å². The largest absolute Gasteiger partial charge is 0.368 e. The summed E-state index contributed by atoms with van der Waals surface area (Å²) in [5.74, 6) is -0.406. The molecule has 0 unspecified atom stereocenters. The molecule has 1 aromatic heterocycles. The molecule has 0 radical (unpaired) electrons. The van der Waals surface area contributed by atoms with E-state index in [1.165, 1.54) is 0 Å². The van der Waals surface area contributed by atoms with Gasteiger partial charge in [-0.2, -0.15) is 0 Å². The van der Waals surface area contributed by atoms with Crippen LogP contribution in [0.2, 0.25) is 0 Å². The molecule has 0 aliphatic rings. The van der Waals surface area contributed by atoms with Gasteiger partial charge in [-0.05, 0) is 22.8 Å². The monoisotopic (exact) mass is 347 g/mol. The van der Waals surface area contributed by atoms with Gasteiger partial charge < -0.3 is 10.3 Å². The number of benzene rings is 2. The van der Waals surface area contributed by atoms with E-state index < -0.39 is 11.9 Å². The highest BCUT2D eigenvalue weighted by Gasteiger charge is 2.16. The standard InChI is InChI=1S/C21H21N3O2/c22-21(26)20(18-6-2-1-3-7-18)23-14-16-9-11-17(12-10-16)15-24-13-5-4-8-19(24)25/h1-13,20,23H,14-15H2,(H2,22,26)/t20-/m1/s1. The average molecular weight is 347 g/mol. The number of hydrogen-bond donors (Lipinski definition) is 2. The van der Waals surface area contributed by atoms with Gasteiger partial charge >= 0.3 is 0 Å². The lowest BCUT2D eigenvalue weighted by Crippen LogP contribution is -2.33. The van der Waals surface area contributed by atoms with Crippen LogP contribution in [0.25, 0.3) is 0 Å². The van der Waals surface area contributed by atoms with E-state index in [-0.39, 0.29) is 5.56 Å². The Labute approximate surface area is 152 Å². The van der Waals surface area contributed by atoms with E-state index in [0.717, 1.165) is 16.7 Å². The number of hydrogen-bond acceptors (Lipinski definition) is 3. The van der Waals surface area contributed by atoms with Crippen LogP contribution < -0.4 is 16.6 Å². The summed E-state index contributed by atoms with van der Waals surface area (Å²) in [6.07, 6.45) is 1.77. The van der Waals surface area contributed by atoms with Crippen molar-refractivity contribution in [3.8, 4) is 0 Å². The SMILES string of the molecule is NC(=O)[C@H](NCc1ccc(Cn2ccccc2=O)cc1)c1ccccc1. The quantitative estimate of drug-likeness (QED) is 0.688. The van der Waals surface area contributed by atoms with Crippen LogP contribution in [0.3, 0.4) is 0 Å². The lowest BCUT2D eigenvalue weighted by molar-refractivity contribution is -0.120. The Morgan fingerprint density at radius 2 is 1.58 bits per heavy atom. The van der Waals surface area contributed by atoms with Crippen molar-refractivity contribution in [3.05, 3.63) is 106 Å². The minimum Gasteiger partial charge on any atom is -0.368 e. The van der Waals surface area contributed by atoms with Crippen LogP contribution in [0.5, 0.6) is 0 Å². The smallest absolute Gasteiger partial charge is 0.250 e. The molecule has 3 rings (SSSR count). The highest BCUT2D eigenvalue weighted by Crippen LogP contribution is 2.13. The van der Waals surface area contributed by atoms with Crippen molar-refractivity contribution in [3.63, 3.8) is 0 Å². The van der Waals surface area contributed by atoms with Crippen molar-refractivity contribution in [1.82, 2.24) is 9.88 Å². The van der Waals surface area contributed by atoms with Gasteiger partial charge in [0, 0.05) is 18.8 Å². The molecule has 5 nitrogen and oxygen atoms in total. The van der Waals surface area contributed by atoms with Gasteiger partial charge in [-0.15, -0.1) is 0 Å². The van der Waals surface area contributed by atoms with Crippen LogP contribution >= 0.6 is 0 Å². The van der Waals surface area contributed by atoms with Gasteiger partial charge in [0.1, 0.15) is 6.04 Å². The van der Waals surface area contributed by atoms with Crippen LogP contribution in [-0.2, 0) is 17.9 Å². The van der Waals surface area contributed by atoms with E-state index in [9.17, 15) is 9.59 Å². The third-order valence-corrected chi connectivity index (χ3v) is 4.20. The summed E-state index contributed by atoms with van der Waals surface area (Å²) >= 11 is 0. The molecule has 5 heteroatoms. The zero-order chi connectivity index (χ0) is 18.4. The van der Waals surface area contributed by atoms with Crippen molar-refractivity contribution in [2.75, 3.05) is 0 Å². The van der Waals surface area contributed by atoms with E-state index in [0.29, 0.717) is 13.1 Å². The second kappa shape index (κ2) is 8.27. The molecule has 0 aliphatic carbocycles. The van der Waals surface area contributed by atoms with Crippen molar-refractivity contribution >= 4 is 5.91 Å². The Kier molecular flexibility index (Phi) is 5.61. The second-order valence-electron chi connectivity index (χ2n) is 6.11. The number of carbonyl (C=O) groups is 1. The first-order valence-corrected chi connectivity index (χ1v) is 8.44. The normalized spacial score (nSPS) is 11.8. The third-order valence-electron chi connectivity index (χ3n) is 4.20. The highest BCUT2D eigenvalue weighted by atomic mass is 16.1. The predicted octanol–water partition coefficient (Wildman–Crippen LogP) is 2.21. The topological polar surface area (TPSA) is 77.1 Å². The molecular formula is C21H21N3O2. The molecule has 0 aliphatic heterocycles. The molecule has 26 heavy (non-hydrogen) atoms. The molecule has 0 bridgehead atoms. The summed E-state index contributed by atoms with van der Waals surface area (Å²) in [5.41, 5.74) is 8.42. The number of primary amides is 1. The first kappa shape index (κ1) is 17.6. The first-order valence-electron chi connectivity index (χ1n) is 8.44. The molecule has 0 saturated heterocycles. The number of nitrogens with two attached hydrogens (primary N) is 1. The van der Waals surface area contributed by atoms with Crippen LogP contribution in [0, 0.1) is 0 Å². The predicted molar refractivity (Wildman–Crippen MR) is 101 cm³/mol. The number of aromatic nitrogens is 1. The van der Waals surface area contributed by atoms with E-state index in [2.05, 4.69) is 5.32 Å². The summed E-state index contributed by atoms with van der Waals surface area (Å²) < 4.78 is 1.66. The second-order valence-corrected chi connectivity index (χ2v) is 6.11. The van der Waals surface area contributed by atoms with Crippen molar-refractivity contribution in [2.24, 2.45) is 5.73 Å². The Bertz CT molecular complexity index is 918. The fraction of sp³-hybridized carbons (Fsp3) is 0.143. The van der Waals surface area contributed by atoms with Crippen molar-refractivity contribution < 1.29 is 4.79 Å². The Hall–Kier alpha value is -3.18. The lowest BCUT2D eigenvalue weighted by atomic mass is 10.1. The molecule has 132 valence electrons. The van der Waals surface area contributed by atoms with Crippen LogP contribution in [0.1, 0.15) is 22.7 Å². The van der Waals surface area contributed by atoms with Gasteiger partial charge in [0.05, 0.1) is 6.54 Å². The number of amides is 1. The van der Waals surface area contributed by atoms with Gasteiger partial charge in [-0.1, -0.05) is 60.7 Å². The maximum absolute atomic E-state index is 11.8. The number of carbonyl (C=O) groups excluding carboxylic acids is 1. The minimum atomic E-state index is -0.529. The maximum atomic E-state index is 11.8. The third kappa shape index (κ3) is 4.46. The van der Waals surface area contributed by atoms with E-state index in [1.807, 2.05) is 60.7 Å². The van der Waals surface area contributed by atoms with E-state index >= 15 is 0 Å². The van der Waals surface area contributed by atoms with Crippen LogP contribution in [0.15, 0.2) is 83.8 Å².